The maximum absolute atomic E-state index is 11.7. The van der Waals surface area contributed by atoms with Gasteiger partial charge in [-0.3, -0.25) is 4.79 Å². The second kappa shape index (κ2) is 5.30. The SMILES string of the molecule is Cc1ccc(C#N)c(NC(C)C(=O)N(C)C)n1. The minimum absolute atomic E-state index is 0.0582. The van der Waals surface area contributed by atoms with E-state index in [2.05, 4.69) is 10.3 Å². The van der Waals surface area contributed by atoms with Crippen molar-refractivity contribution >= 4 is 11.7 Å². The monoisotopic (exact) mass is 232 g/mol. The molecule has 0 radical (unpaired) electrons. The van der Waals surface area contributed by atoms with Crippen LogP contribution in [0.25, 0.3) is 0 Å². The van der Waals surface area contributed by atoms with E-state index in [1.54, 1.807) is 33.2 Å². The zero-order valence-electron chi connectivity index (χ0n) is 10.5. The number of rotatable bonds is 3. The van der Waals surface area contributed by atoms with Gasteiger partial charge >= 0.3 is 0 Å². The van der Waals surface area contributed by atoms with Gasteiger partial charge in [0.2, 0.25) is 5.91 Å². The van der Waals surface area contributed by atoms with Crippen LogP contribution >= 0.6 is 0 Å². The average molecular weight is 232 g/mol. The molecule has 1 atom stereocenters. The second-order valence-electron chi connectivity index (χ2n) is 4.06. The molecule has 0 aliphatic carbocycles. The Labute approximate surface area is 101 Å². The summed E-state index contributed by atoms with van der Waals surface area (Å²) in [5, 5.41) is 11.9. The molecule has 1 N–H and O–H groups in total. The van der Waals surface area contributed by atoms with Gasteiger partial charge in [-0.1, -0.05) is 0 Å². The number of likely N-dealkylation sites (N-methyl/N-ethyl adjacent to an activating group) is 1. The zero-order valence-corrected chi connectivity index (χ0v) is 10.5. The molecule has 1 unspecified atom stereocenters. The summed E-state index contributed by atoms with van der Waals surface area (Å²) in [5.74, 6) is 0.396. The summed E-state index contributed by atoms with van der Waals surface area (Å²) in [6.45, 7) is 3.58. The summed E-state index contributed by atoms with van der Waals surface area (Å²) >= 11 is 0. The largest absolute Gasteiger partial charge is 0.358 e. The number of nitrogens with one attached hydrogen (secondary N) is 1. The predicted octanol–water partition coefficient (Wildman–Crippen LogP) is 1.15. The molecule has 1 aromatic rings. The number of anilines is 1. The van der Waals surface area contributed by atoms with Gasteiger partial charge in [0, 0.05) is 19.8 Å². The Bertz CT molecular complexity index is 462. The third kappa shape index (κ3) is 3.18. The average Bonchev–Trinajstić information content (AvgIpc) is 2.28. The topological polar surface area (TPSA) is 69.0 Å². The quantitative estimate of drug-likeness (QED) is 0.848. The third-order valence-electron chi connectivity index (χ3n) is 2.32. The highest BCUT2D eigenvalue weighted by molar-refractivity contribution is 5.83. The van der Waals surface area contributed by atoms with Crippen LogP contribution in [0.1, 0.15) is 18.2 Å². The van der Waals surface area contributed by atoms with Crippen LogP contribution in [0, 0.1) is 18.3 Å². The lowest BCUT2D eigenvalue weighted by molar-refractivity contribution is -0.129. The summed E-state index contributed by atoms with van der Waals surface area (Å²) < 4.78 is 0. The summed E-state index contributed by atoms with van der Waals surface area (Å²) in [6.07, 6.45) is 0. The number of hydrogen-bond acceptors (Lipinski definition) is 4. The summed E-state index contributed by atoms with van der Waals surface area (Å²) in [4.78, 5) is 17.4. The molecule has 1 rings (SSSR count). The Morgan fingerprint density at radius 1 is 1.53 bits per heavy atom. The maximum Gasteiger partial charge on any atom is 0.244 e. The van der Waals surface area contributed by atoms with Crippen molar-refractivity contribution in [2.45, 2.75) is 19.9 Å². The molecular weight excluding hydrogens is 216 g/mol. The van der Waals surface area contributed by atoms with E-state index in [1.807, 2.05) is 13.0 Å². The fraction of sp³-hybridized carbons (Fsp3) is 0.417. The molecule has 0 spiro atoms. The first-order valence-corrected chi connectivity index (χ1v) is 5.31. The van der Waals surface area contributed by atoms with Crippen LogP contribution in [0.3, 0.4) is 0 Å². The molecular formula is C12H16N4O. The maximum atomic E-state index is 11.7. The van der Waals surface area contributed by atoms with Crippen LogP contribution in [-0.2, 0) is 4.79 Å². The van der Waals surface area contributed by atoms with Gasteiger partial charge in [0.05, 0.1) is 5.56 Å². The number of nitrogens with zero attached hydrogens (tertiary/aromatic N) is 3. The summed E-state index contributed by atoms with van der Waals surface area (Å²) in [5.41, 5.74) is 1.24. The lowest BCUT2D eigenvalue weighted by Crippen LogP contribution is -2.37. The number of nitriles is 1. The normalized spacial score (nSPS) is 11.5. The number of carbonyl (C=O) groups is 1. The van der Waals surface area contributed by atoms with Crippen LogP contribution in [0.2, 0.25) is 0 Å². The number of carbonyl (C=O) groups excluding carboxylic acids is 1. The van der Waals surface area contributed by atoms with Gasteiger partial charge < -0.3 is 10.2 Å². The number of pyridine rings is 1. The van der Waals surface area contributed by atoms with E-state index in [1.165, 1.54) is 4.90 Å². The smallest absolute Gasteiger partial charge is 0.244 e. The highest BCUT2D eigenvalue weighted by Gasteiger charge is 2.16. The molecule has 0 aliphatic heterocycles. The van der Waals surface area contributed by atoms with Crippen molar-refractivity contribution in [2.75, 3.05) is 19.4 Å². The van der Waals surface area contributed by atoms with Gasteiger partial charge in [-0.05, 0) is 26.0 Å². The van der Waals surface area contributed by atoms with Crippen molar-refractivity contribution < 1.29 is 4.79 Å². The molecule has 1 aromatic heterocycles. The Balaban J connectivity index is 2.92. The summed E-state index contributed by atoms with van der Waals surface area (Å²) in [7, 11) is 3.38. The van der Waals surface area contributed by atoms with Crippen molar-refractivity contribution in [1.82, 2.24) is 9.88 Å². The van der Waals surface area contributed by atoms with E-state index in [-0.39, 0.29) is 5.91 Å². The lowest BCUT2D eigenvalue weighted by atomic mass is 10.2. The van der Waals surface area contributed by atoms with E-state index in [9.17, 15) is 4.79 Å². The fourth-order valence-electron chi connectivity index (χ4n) is 1.41. The Morgan fingerprint density at radius 3 is 2.71 bits per heavy atom. The van der Waals surface area contributed by atoms with E-state index in [4.69, 9.17) is 5.26 Å². The summed E-state index contributed by atoms with van der Waals surface area (Å²) in [6, 6.07) is 5.09. The minimum atomic E-state index is -0.411. The molecule has 0 aliphatic rings. The Kier molecular flexibility index (Phi) is 4.05. The van der Waals surface area contributed by atoms with Crippen LogP contribution < -0.4 is 5.32 Å². The van der Waals surface area contributed by atoms with Crippen molar-refractivity contribution in [2.24, 2.45) is 0 Å². The van der Waals surface area contributed by atoms with Crippen molar-refractivity contribution in [3.63, 3.8) is 0 Å². The van der Waals surface area contributed by atoms with E-state index >= 15 is 0 Å². The first kappa shape index (κ1) is 13.0. The van der Waals surface area contributed by atoms with E-state index < -0.39 is 6.04 Å². The molecule has 5 heteroatoms. The number of hydrogen-bond donors (Lipinski definition) is 1. The zero-order chi connectivity index (χ0) is 13.0. The van der Waals surface area contributed by atoms with Crippen LogP contribution in [0.15, 0.2) is 12.1 Å². The number of amides is 1. The van der Waals surface area contributed by atoms with Gasteiger partial charge in [0.1, 0.15) is 17.9 Å². The standard InChI is InChI=1S/C12H16N4O/c1-8-5-6-10(7-13)11(14-8)15-9(2)12(17)16(3)4/h5-6,9H,1-4H3,(H,14,15). The predicted molar refractivity (Wildman–Crippen MR) is 65.5 cm³/mol. The highest BCUT2D eigenvalue weighted by Crippen LogP contribution is 2.13. The first-order chi connectivity index (χ1) is 7.95. The molecule has 17 heavy (non-hydrogen) atoms. The molecule has 0 fully saturated rings. The van der Waals surface area contributed by atoms with Crippen LogP contribution in [0.4, 0.5) is 5.82 Å². The molecule has 5 nitrogen and oxygen atoms in total. The number of aromatic nitrogens is 1. The molecule has 1 heterocycles. The van der Waals surface area contributed by atoms with E-state index in [0.29, 0.717) is 11.4 Å². The fourth-order valence-corrected chi connectivity index (χ4v) is 1.41. The lowest BCUT2D eigenvalue weighted by Gasteiger charge is -2.19. The Hall–Kier alpha value is -2.09. The van der Waals surface area contributed by atoms with Gasteiger partial charge in [-0.15, -0.1) is 0 Å². The van der Waals surface area contributed by atoms with Crippen molar-refractivity contribution in [3.8, 4) is 6.07 Å². The van der Waals surface area contributed by atoms with Gasteiger partial charge in [0.15, 0.2) is 0 Å². The molecule has 0 bridgehead atoms. The second-order valence-corrected chi connectivity index (χ2v) is 4.06. The molecule has 0 saturated carbocycles. The van der Waals surface area contributed by atoms with Crippen LogP contribution in [0.5, 0.6) is 0 Å². The molecule has 90 valence electrons. The third-order valence-corrected chi connectivity index (χ3v) is 2.32. The van der Waals surface area contributed by atoms with Gasteiger partial charge in [0.25, 0.3) is 0 Å². The molecule has 0 aromatic carbocycles. The van der Waals surface area contributed by atoms with Gasteiger partial charge in [-0.2, -0.15) is 5.26 Å². The van der Waals surface area contributed by atoms with Crippen molar-refractivity contribution in [1.29, 1.82) is 5.26 Å². The minimum Gasteiger partial charge on any atom is -0.358 e. The molecule has 1 amide bonds. The first-order valence-electron chi connectivity index (χ1n) is 5.31. The van der Waals surface area contributed by atoms with E-state index in [0.717, 1.165) is 5.69 Å². The highest BCUT2D eigenvalue weighted by atomic mass is 16.2. The van der Waals surface area contributed by atoms with Crippen molar-refractivity contribution in [3.05, 3.63) is 23.4 Å². The Morgan fingerprint density at radius 2 is 2.18 bits per heavy atom. The number of aryl methyl sites for hydroxylation is 1. The van der Waals surface area contributed by atoms with Gasteiger partial charge in [-0.25, -0.2) is 4.98 Å². The molecule has 0 saturated heterocycles. The van der Waals surface area contributed by atoms with Crippen LogP contribution in [-0.4, -0.2) is 35.9 Å².